The summed E-state index contributed by atoms with van der Waals surface area (Å²) < 4.78 is 10.3. The number of hydrogen-bond donors (Lipinski definition) is 0. The van der Waals surface area contributed by atoms with Gasteiger partial charge in [-0.25, -0.2) is 0 Å². The molecule has 0 aliphatic heterocycles. The van der Waals surface area contributed by atoms with Crippen LogP contribution >= 0.6 is 8.38 Å². The predicted octanol–water partition coefficient (Wildman–Crippen LogP) is 1.97. The van der Waals surface area contributed by atoms with Gasteiger partial charge in [0, 0.05) is 12.8 Å². The molecule has 0 saturated heterocycles. The standard InChI is InChI=1S/C10H11O2P/c1-4-7-9-11-13(6-3)12-10-8-5-2/h1-3H,7-10H2. The summed E-state index contributed by atoms with van der Waals surface area (Å²) in [5.41, 5.74) is 2.40. The molecular formula is C10H11O2P. The minimum atomic E-state index is -1.24. The molecule has 0 unspecified atom stereocenters. The molecule has 3 heteroatoms. The Balaban J connectivity index is 3.49. The normalized spacial score (nSPS) is 8.77. The molecule has 0 aromatic rings. The Bertz CT molecular complexity index is 221. The first-order chi connectivity index (χ1) is 6.35. The molecule has 0 atom stereocenters. The van der Waals surface area contributed by atoms with Crippen LogP contribution in [0.1, 0.15) is 12.8 Å². The number of terminal acetylenes is 3. The highest BCUT2D eigenvalue weighted by molar-refractivity contribution is 7.52. The molecule has 0 amide bonds. The Hall–Kier alpha value is -0.970. The van der Waals surface area contributed by atoms with E-state index in [0.717, 1.165) is 0 Å². The third-order valence-corrected chi connectivity index (χ3v) is 2.06. The van der Waals surface area contributed by atoms with Crippen molar-refractivity contribution in [2.45, 2.75) is 12.8 Å². The summed E-state index contributed by atoms with van der Waals surface area (Å²) in [6.45, 7) is 0.866. The van der Waals surface area contributed by atoms with E-state index in [2.05, 4.69) is 17.5 Å². The predicted molar refractivity (Wildman–Crippen MR) is 54.6 cm³/mol. The largest absolute Gasteiger partial charge is 0.324 e. The van der Waals surface area contributed by atoms with E-state index in [-0.39, 0.29) is 0 Å². The van der Waals surface area contributed by atoms with E-state index in [1.807, 2.05) is 0 Å². The second-order valence-electron chi connectivity index (χ2n) is 1.96. The first-order valence-corrected chi connectivity index (χ1v) is 4.92. The van der Waals surface area contributed by atoms with Gasteiger partial charge >= 0.3 is 0 Å². The monoisotopic (exact) mass is 194 g/mol. The van der Waals surface area contributed by atoms with Gasteiger partial charge < -0.3 is 9.05 Å². The van der Waals surface area contributed by atoms with Crippen molar-refractivity contribution < 1.29 is 9.05 Å². The summed E-state index contributed by atoms with van der Waals surface area (Å²) in [6, 6.07) is 0. The molecule has 13 heavy (non-hydrogen) atoms. The maximum Gasteiger partial charge on any atom is 0.256 e. The van der Waals surface area contributed by atoms with Gasteiger partial charge in [-0.05, 0) is 5.66 Å². The summed E-state index contributed by atoms with van der Waals surface area (Å²) >= 11 is 0. The van der Waals surface area contributed by atoms with E-state index in [1.54, 1.807) is 0 Å². The average molecular weight is 194 g/mol. The first-order valence-electron chi connectivity index (χ1n) is 3.74. The second-order valence-corrected chi connectivity index (χ2v) is 3.25. The van der Waals surface area contributed by atoms with Gasteiger partial charge in [-0.15, -0.1) is 31.1 Å². The molecule has 0 rings (SSSR count). The maximum absolute atomic E-state index is 5.17. The van der Waals surface area contributed by atoms with Gasteiger partial charge in [0.1, 0.15) is 0 Å². The number of hydrogen-bond acceptors (Lipinski definition) is 2. The van der Waals surface area contributed by atoms with Gasteiger partial charge in [-0.1, -0.05) is 0 Å². The zero-order valence-electron chi connectivity index (χ0n) is 7.32. The molecule has 0 aromatic carbocycles. The second kappa shape index (κ2) is 9.12. The third-order valence-electron chi connectivity index (χ3n) is 1.02. The Labute approximate surface area is 80.9 Å². The Morgan fingerprint density at radius 3 is 1.69 bits per heavy atom. The maximum atomic E-state index is 5.17. The first kappa shape index (κ1) is 12.0. The Morgan fingerprint density at radius 2 is 1.38 bits per heavy atom. The minimum Gasteiger partial charge on any atom is -0.324 e. The fourth-order valence-corrected chi connectivity index (χ4v) is 1.22. The van der Waals surface area contributed by atoms with E-state index in [4.69, 9.17) is 28.3 Å². The molecule has 0 aromatic heterocycles. The van der Waals surface area contributed by atoms with Gasteiger partial charge in [0.05, 0.1) is 13.2 Å². The SMILES string of the molecule is C#CCCOP(C#C)OCCC#C. The van der Waals surface area contributed by atoms with Gasteiger partial charge in [0.2, 0.25) is 0 Å². The van der Waals surface area contributed by atoms with E-state index in [9.17, 15) is 0 Å². The molecule has 0 fully saturated rings. The molecule has 0 bridgehead atoms. The zero-order chi connectivity index (χ0) is 9.94. The van der Waals surface area contributed by atoms with Crippen LogP contribution in [0.15, 0.2) is 0 Å². The van der Waals surface area contributed by atoms with Crippen LogP contribution in [0.4, 0.5) is 0 Å². The molecule has 0 aliphatic carbocycles. The number of rotatable bonds is 6. The quantitative estimate of drug-likeness (QED) is 0.365. The van der Waals surface area contributed by atoms with Crippen molar-refractivity contribution in [2.75, 3.05) is 13.2 Å². The van der Waals surface area contributed by atoms with Gasteiger partial charge in [0.15, 0.2) is 0 Å². The van der Waals surface area contributed by atoms with Gasteiger partial charge in [-0.2, -0.15) is 0 Å². The zero-order valence-corrected chi connectivity index (χ0v) is 8.22. The van der Waals surface area contributed by atoms with Crippen molar-refractivity contribution in [1.29, 1.82) is 0 Å². The molecule has 0 aliphatic rings. The summed E-state index contributed by atoms with van der Waals surface area (Å²) in [5.74, 6) is 4.89. The molecule has 0 radical (unpaired) electrons. The van der Waals surface area contributed by atoms with Crippen molar-refractivity contribution >= 4 is 8.38 Å². The van der Waals surface area contributed by atoms with E-state index in [1.165, 1.54) is 0 Å². The lowest BCUT2D eigenvalue weighted by Crippen LogP contribution is -1.92. The van der Waals surface area contributed by atoms with Crippen LogP contribution in [0.5, 0.6) is 0 Å². The average Bonchev–Trinajstić information content (AvgIpc) is 2.16. The van der Waals surface area contributed by atoms with Crippen LogP contribution < -0.4 is 0 Å². The molecule has 0 saturated carbocycles. The summed E-state index contributed by atoms with van der Waals surface area (Å²) in [5, 5.41) is 0. The van der Waals surface area contributed by atoms with Crippen LogP contribution in [0.2, 0.25) is 0 Å². The van der Waals surface area contributed by atoms with Crippen molar-refractivity contribution in [3.05, 3.63) is 0 Å². The lowest BCUT2D eigenvalue weighted by molar-refractivity contribution is 0.266. The van der Waals surface area contributed by atoms with Crippen LogP contribution in [-0.4, -0.2) is 13.2 Å². The molecule has 0 spiro atoms. The van der Waals surface area contributed by atoms with E-state index >= 15 is 0 Å². The van der Waals surface area contributed by atoms with Crippen LogP contribution in [0, 0.1) is 36.8 Å². The minimum absolute atomic E-state index is 0.433. The molecule has 68 valence electrons. The lowest BCUT2D eigenvalue weighted by Gasteiger charge is -2.09. The van der Waals surface area contributed by atoms with E-state index < -0.39 is 8.38 Å². The van der Waals surface area contributed by atoms with Crippen LogP contribution in [0.3, 0.4) is 0 Å². The van der Waals surface area contributed by atoms with E-state index in [0.29, 0.717) is 26.1 Å². The summed E-state index contributed by atoms with van der Waals surface area (Å²) in [7, 11) is -1.24. The third kappa shape index (κ3) is 7.39. The fourth-order valence-electron chi connectivity index (χ4n) is 0.487. The highest BCUT2D eigenvalue weighted by Gasteiger charge is 2.04. The molecule has 0 N–H and O–H groups in total. The Kier molecular flexibility index (Phi) is 8.44. The Morgan fingerprint density at radius 1 is 0.923 bits per heavy atom. The van der Waals surface area contributed by atoms with Gasteiger partial charge in [-0.3, -0.25) is 0 Å². The van der Waals surface area contributed by atoms with Crippen molar-refractivity contribution in [2.24, 2.45) is 0 Å². The smallest absolute Gasteiger partial charge is 0.256 e. The lowest BCUT2D eigenvalue weighted by atomic mass is 10.5. The highest BCUT2D eigenvalue weighted by atomic mass is 31.2. The summed E-state index contributed by atoms with van der Waals surface area (Å²) in [6.07, 6.45) is 16.3. The van der Waals surface area contributed by atoms with Crippen molar-refractivity contribution in [3.63, 3.8) is 0 Å². The van der Waals surface area contributed by atoms with Crippen molar-refractivity contribution in [1.82, 2.24) is 0 Å². The molecule has 2 nitrogen and oxygen atoms in total. The topological polar surface area (TPSA) is 18.5 Å². The van der Waals surface area contributed by atoms with Crippen molar-refractivity contribution in [3.8, 4) is 36.8 Å². The molecule has 0 heterocycles. The highest BCUT2D eigenvalue weighted by Crippen LogP contribution is 2.36. The van der Waals surface area contributed by atoms with Gasteiger partial charge in [0.25, 0.3) is 8.38 Å². The summed E-state index contributed by atoms with van der Waals surface area (Å²) in [4.78, 5) is 0. The fraction of sp³-hybridized carbons (Fsp3) is 0.400. The molecular weight excluding hydrogens is 183 g/mol. The van der Waals surface area contributed by atoms with Crippen LogP contribution in [0.25, 0.3) is 0 Å². The van der Waals surface area contributed by atoms with Crippen LogP contribution in [-0.2, 0) is 9.05 Å².